The molecule has 544 valence electrons. The van der Waals surface area contributed by atoms with Crippen LogP contribution in [0.3, 0.4) is 0 Å². The fraction of sp³-hybridized carbons (Fsp3) is 0.709. The third-order valence-electron chi connectivity index (χ3n) is 16.9. The van der Waals surface area contributed by atoms with E-state index in [2.05, 4.69) is 148 Å². The molecule has 0 fully saturated rings. The number of carboxylic acid groups (broad SMARTS) is 1. The van der Waals surface area contributed by atoms with Crippen LogP contribution < -0.4 is 5.11 Å². The highest BCUT2D eigenvalue weighted by Gasteiger charge is 2.22. The van der Waals surface area contributed by atoms with E-state index in [0.29, 0.717) is 17.4 Å². The number of ether oxygens (including phenoxy) is 4. The van der Waals surface area contributed by atoms with Crippen LogP contribution in [-0.4, -0.2) is 82.3 Å². The predicted octanol–water partition coefficient (Wildman–Crippen LogP) is 23.9. The standard InChI is InChI=1S/C86H147NO8/c1-6-8-10-12-14-16-18-20-22-24-26-28-30-32-34-36-37-38-39-40-41-42-43-44-45-46-47-49-50-52-54-56-58-60-62-64-66-68-70-72-74-76-83(88)93-80-82(81-94-86(85(90)91)92-79-78-87(3,4)5)95-84(89)77-75-73-71-69-67-65-63-61-59-57-55-53-51-48-35-33-31-29-27-25-23-21-19-17-15-13-11-9-7-2/h8-11,14-17,20-23,26-29,33,35,51,53,57,59,82,86H,6-7,12-13,18-19,24-25,30-32,34,36-50,52,54-56,58,60-81H2,1-5H3/b10-8-,11-9-,16-14-,17-15-,22-20-,23-21-,28-26-,29-27-,35-33-,53-51-,59-57-. The maximum absolute atomic E-state index is 13.0. The number of carbonyl (C=O) groups is 3. The summed E-state index contributed by atoms with van der Waals surface area (Å²) in [6, 6.07) is 0. The van der Waals surface area contributed by atoms with Gasteiger partial charge in [-0.3, -0.25) is 9.59 Å². The van der Waals surface area contributed by atoms with Crippen LogP contribution in [0.1, 0.15) is 335 Å². The van der Waals surface area contributed by atoms with Crippen LogP contribution in [0.5, 0.6) is 0 Å². The minimum absolute atomic E-state index is 0.141. The number of nitrogens with zero attached hydrogens (tertiary/aromatic N) is 1. The van der Waals surface area contributed by atoms with Crippen molar-refractivity contribution in [3.05, 3.63) is 134 Å². The van der Waals surface area contributed by atoms with Crippen molar-refractivity contribution < 1.29 is 42.9 Å². The molecule has 0 rings (SSSR count). The van der Waals surface area contributed by atoms with E-state index >= 15 is 0 Å². The molecule has 0 saturated carbocycles. The van der Waals surface area contributed by atoms with E-state index in [-0.39, 0.29) is 38.6 Å². The van der Waals surface area contributed by atoms with Crippen molar-refractivity contribution in [2.75, 3.05) is 47.5 Å². The minimum atomic E-state index is -1.63. The highest BCUT2D eigenvalue weighted by atomic mass is 16.7. The summed E-state index contributed by atoms with van der Waals surface area (Å²) in [7, 11) is 5.93. The third-order valence-corrected chi connectivity index (χ3v) is 16.9. The Morgan fingerprint density at radius 3 is 0.842 bits per heavy atom. The first kappa shape index (κ1) is 90.4. The first-order valence-electron chi connectivity index (χ1n) is 39.3. The molecule has 0 aromatic carbocycles. The maximum atomic E-state index is 13.0. The number of carboxylic acids is 1. The molecule has 0 radical (unpaired) electrons. The Bertz CT molecular complexity index is 2030. The fourth-order valence-corrected chi connectivity index (χ4v) is 11.0. The zero-order valence-corrected chi connectivity index (χ0v) is 62.3. The highest BCUT2D eigenvalue weighted by molar-refractivity contribution is 5.70. The Hall–Kier alpha value is -4.57. The molecule has 95 heavy (non-hydrogen) atoms. The topological polar surface area (TPSA) is 111 Å². The lowest BCUT2D eigenvalue weighted by atomic mass is 10.0. The number of quaternary nitrogens is 1. The van der Waals surface area contributed by atoms with Gasteiger partial charge in [0.2, 0.25) is 0 Å². The van der Waals surface area contributed by atoms with E-state index in [1.165, 1.54) is 186 Å². The van der Waals surface area contributed by atoms with Crippen molar-refractivity contribution in [1.29, 1.82) is 0 Å². The summed E-state index contributed by atoms with van der Waals surface area (Å²) < 4.78 is 22.8. The van der Waals surface area contributed by atoms with Crippen molar-refractivity contribution in [3.8, 4) is 0 Å². The Labute approximate surface area is 586 Å². The lowest BCUT2D eigenvalue weighted by molar-refractivity contribution is -0.870. The van der Waals surface area contributed by atoms with Crippen LogP contribution in [0.4, 0.5) is 0 Å². The van der Waals surface area contributed by atoms with Crippen molar-refractivity contribution in [1.82, 2.24) is 0 Å². The molecule has 0 spiro atoms. The van der Waals surface area contributed by atoms with Gasteiger partial charge in [-0.05, 0) is 109 Å². The lowest BCUT2D eigenvalue weighted by Crippen LogP contribution is -2.44. The molecule has 0 aliphatic carbocycles. The van der Waals surface area contributed by atoms with E-state index < -0.39 is 24.3 Å². The lowest BCUT2D eigenvalue weighted by Gasteiger charge is -2.26. The zero-order valence-electron chi connectivity index (χ0n) is 62.3. The zero-order chi connectivity index (χ0) is 69.0. The van der Waals surface area contributed by atoms with Crippen LogP contribution in [0, 0.1) is 0 Å². The van der Waals surface area contributed by atoms with E-state index in [1.54, 1.807) is 0 Å². The molecule has 0 aliphatic heterocycles. The van der Waals surface area contributed by atoms with Crippen molar-refractivity contribution >= 4 is 17.9 Å². The van der Waals surface area contributed by atoms with Crippen molar-refractivity contribution in [2.45, 2.75) is 347 Å². The second kappa shape index (κ2) is 75.2. The SMILES string of the molecule is CC/C=C\C/C=C\C/C=C\C/C=C\C/C=C\C/C=C\C/C=C\CCCCCCCCCC(=O)OC(COC(=O)CCCCCCCCCCCCCCCCCCCCCCCCCCCCCC/C=C\C/C=C\C/C=C\C/C=C\CC)COC(OCC[N+](C)(C)C)C(=O)[O-]. The van der Waals surface area contributed by atoms with Crippen LogP contribution >= 0.6 is 0 Å². The molecule has 2 atom stereocenters. The number of carbonyl (C=O) groups excluding carboxylic acids is 3. The van der Waals surface area contributed by atoms with Gasteiger partial charge >= 0.3 is 11.9 Å². The van der Waals surface area contributed by atoms with Gasteiger partial charge in [0, 0.05) is 12.8 Å². The van der Waals surface area contributed by atoms with E-state index in [4.69, 9.17) is 18.9 Å². The number of hydrogen-bond acceptors (Lipinski definition) is 8. The summed E-state index contributed by atoms with van der Waals surface area (Å²) >= 11 is 0. The summed E-state index contributed by atoms with van der Waals surface area (Å²) in [6.45, 7) is 4.53. The minimum Gasteiger partial charge on any atom is -0.545 e. The van der Waals surface area contributed by atoms with Gasteiger partial charge in [0.05, 0.1) is 40.3 Å². The number of hydrogen-bond donors (Lipinski definition) is 0. The smallest absolute Gasteiger partial charge is 0.306 e. The average molecular weight is 1320 g/mol. The summed E-state index contributed by atoms with van der Waals surface area (Å²) in [6.07, 6.45) is 106. The average Bonchev–Trinajstić information content (AvgIpc) is 2.86. The van der Waals surface area contributed by atoms with E-state index in [0.717, 1.165) is 116 Å². The van der Waals surface area contributed by atoms with Gasteiger partial charge in [0.25, 0.3) is 0 Å². The Morgan fingerprint density at radius 2 is 0.568 bits per heavy atom. The molecule has 0 aromatic rings. The first-order chi connectivity index (χ1) is 46.6. The molecule has 0 bridgehead atoms. The van der Waals surface area contributed by atoms with E-state index in [9.17, 15) is 19.5 Å². The molecule has 0 aliphatic rings. The van der Waals surface area contributed by atoms with Gasteiger partial charge in [0.1, 0.15) is 13.2 Å². The molecule has 0 N–H and O–H groups in total. The first-order valence-corrected chi connectivity index (χ1v) is 39.3. The summed E-state index contributed by atoms with van der Waals surface area (Å²) in [5.41, 5.74) is 0. The number of rotatable bonds is 72. The van der Waals surface area contributed by atoms with Gasteiger partial charge in [-0.2, -0.15) is 0 Å². The third kappa shape index (κ3) is 76.7. The molecule has 0 aromatic heterocycles. The molecule has 9 nitrogen and oxygen atoms in total. The number of allylic oxidation sites excluding steroid dienone is 22. The Balaban J connectivity index is 4.01. The number of aliphatic carboxylic acids is 1. The number of likely N-dealkylation sites (N-methyl/N-ethyl adjacent to an activating group) is 1. The summed E-state index contributed by atoms with van der Waals surface area (Å²) in [4.78, 5) is 37.6. The highest BCUT2D eigenvalue weighted by Crippen LogP contribution is 2.18. The second-order valence-electron chi connectivity index (χ2n) is 27.2. The van der Waals surface area contributed by atoms with Crippen LogP contribution in [0.15, 0.2) is 134 Å². The van der Waals surface area contributed by atoms with Crippen LogP contribution in [-0.2, 0) is 33.3 Å². The largest absolute Gasteiger partial charge is 0.545 e. The van der Waals surface area contributed by atoms with Gasteiger partial charge in [-0.15, -0.1) is 0 Å². The van der Waals surface area contributed by atoms with Gasteiger partial charge < -0.3 is 33.3 Å². The fourth-order valence-electron chi connectivity index (χ4n) is 11.0. The second-order valence-corrected chi connectivity index (χ2v) is 27.2. The van der Waals surface area contributed by atoms with Crippen molar-refractivity contribution in [2.24, 2.45) is 0 Å². The molecular weight excluding hydrogens is 1170 g/mol. The maximum Gasteiger partial charge on any atom is 0.306 e. The van der Waals surface area contributed by atoms with Gasteiger partial charge in [-0.1, -0.05) is 347 Å². The van der Waals surface area contributed by atoms with Crippen molar-refractivity contribution in [3.63, 3.8) is 0 Å². The Kier molecular flexibility index (Phi) is 71.6. The predicted molar refractivity (Wildman–Crippen MR) is 407 cm³/mol. The van der Waals surface area contributed by atoms with Crippen LogP contribution in [0.25, 0.3) is 0 Å². The molecule has 9 heteroatoms. The Morgan fingerprint density at radius 1 is 0.316 bits per heavy atom. The normalized spacial score (nSPS) is 13.4. The summed E-state index contributed by atoms with van der Waals surface area (Å²) in [5.74, 6) is -2.29. The number of unbranched alkanes of at least 4 members (excludes halogenated alkanes) is 35. The number of esters is 2. The molecule has 0 amide bonds. The van der Waals surface area contributed by atoms with Gasteiger partial charge in [0.15, 0.2) is 12.4 Å². The summed E-state index contributed by atoms with van der Waals surface area (Å²) in [5, 5.41) is 11.9. The molecule has 2 unspecified atom stereocenters. The quantitative estimate of drug-likeness (QED) is 0.0195. The van der Waals surface area contributed by atoms with Crippen LogP contribution in [0.2, 0.25) is 0 Å². The van der Waals surface area contributed by atoms with E-state index in [1.807, 2.05) is 21.1 Å². The monoisotopic (exact) mass is 1320 g/mol. The van der Waals surface area contributed by atoms with Gasteiger partial charge in [-0.25, -0.2) is 0 Å². The molecule has 0 heterocycles. The molecule has 0 saturated heterocycles. The molecular formula is C86H147NO8.